The van der Waals surface area contributed by atoms with Crippen molar-refractivity contribution >= 4 is 46.4 Å². The monoisotopic (exact) mass is 380 g/mol. The van der Waals surface area contributed by atoms with Crippen molar-refractivity contribution in [2.24, 2.45) is 5.73 Å². The van der Waals surface area contributed by atoms with E-state index in [1.54, 1.807) is 12.1 Å². The number of aromatic nitrogens is 1. The number of amides is 1. The summed E-state index contributed by atoms with van der Waals surface area (Å²) in [5, 5.41) is 1.55. The van der Waals surface area contributed by atoms with E-state index in [0.29, 0.717) is 32.3 Å². The first kappa shape index (κ1) is 18.8. The van der Waals surface area contributed by atoms with Crippen molar-refractivity contribution in [2.75, 3.05) is 7.11 Å². The second-order valence-corrected chi connectivity index (χ2v) is 5.65. The Bertz CT molecular complexity index is 918. The molecule has 2 N–H and O–H groups in total. The van der Waals surface area contributed by atoms with Gasteiger partial charge in [0.25, 0.3) is 0 Å². The Morgan fingerprint density at radius 2 is 1.88 bits per heavy atom. The van der Waals surface area contributed by atoms with E-state index in [2.05, 4.69) is 10.7 Å². The van der Waals surface area contributed by atoms with Crippen LogP contribution in [0.5, 0.6) is 5.75 Å². The molecule has 3 rings (SSSR count). The number of pyridine rings is 1. The first-order valence-electron chi connectivity index (χ1n) is 7.00. The van der Waals surface area contributed by atoms with Crippen molar-refractivity contribution in [3.05, 3.63) is 46.4 Å². The summed E-state index contributed by atoms with van der Waals surface area (Å²) in [6.45, 7) is 1.44. The van der Waals surface area contributed by atoms with Crippen LogP contribution in [0.1, 0.15) is 17.5 Å². The van der Waals surface area contributed by atoms with Crippen molar-refractivity contribution in [2.45, 2.75) is 6.92 Å². The maximum atomic E-state index is 11.6. The number of carbonyl (C=O) groups is 2. The fourth-order valence-electron chi connectivity index (χ4n) is 2.32. The molecule has 2 aromatic heterocycles. The minimum absolute atomic E-state index is 0.170. The normalized spacial score (nSPS) is 10.1. The summed E-state index contributed by atoms with van der Waals surface area (Å²) in [5.74, 6) is 0.616. The molecule has 1 amide bonds. The Kier molecular flexibility index (Phi) is 6.01. The van der Waals surface area contributed by atoms with Gasteiger partial charge in [0.15, 0.2) is 22.9 Å². The summed E-state index contributed by atoms with van der Waals surface area (Å²) in [4.78, 5) is 24.1. The number of hydrogen-bond donors (Lipinski definition) is 1. The van der Waals surface area contributed by atoms with E-state index in [9.17, 15) is 4.79 Å². The van der Waals surface area contributed by atoms with E-state index in [4.69, 9.17) is 37.2 Å². The average Bonchev–Trinajstić information content (AvgIpc) is 3.01. The van der Waals surface area contributed by atoms with Crippen LogP contribution in [0.3, 0.4) is 0 Å². The summed E-state index contributed by atoms with van der Waals surface area (Å²) in [7, 11) is 1.54. The molecule has 3 aromatic rings. The number of nitrogens with zero attached hydrogens (tertiary/aromatic N) is 1. The van der Waals surface area contributed by atoms with Crippen molar-refractivity contribution in [3.63, 3.8) is 0 Å². The number of primary amides is 1. The van der Waals surface area contributed by atoms with Gasteiger partial charge >= 0.3 is 0 Å². The van der Waals surface area contributed by atoms with Crippen LogP contribution in [0.15, 0.2) is 35.0 Å². The van der Waals surface area contributed by atoms with E-state index in [1.807, 2.05) is 6.07 Å². The number of carbonyl (C=O) groups excluding carboxylic acids is 2. The van der Waals surface area contributed by atoms with Crippen LogP contribution in [-0.4, -0.2) is 24.3 Å². The van der Waals surface area contributed by atoms with Crippen LogP contribution >= 0.6 is 23.2 Å². The van der Waals surface area contributed by atoms with Crippen LogP contribution in [0, 0.1) is 0 Å². The average molecular weight is 381 g/mol. The molecule has 0 bridgehead atoms. The van der Waals surface area contributed by atoms with Crippen LogP contribution in [0.25, 0.3) is 22.1 Å². The van der Waals surface area contributed by atoms with Gasteiger partial charge in [-0.15, -0.1) is 0 Å². The Labute approximate surface area is 153 Å². The van der Waals surface area contributed by atoms with Gasteiger partial charge in [0, 0.05) is 30.3 Å². The molecule has 0 unspecified atom stereocenters. The first-order valence-corrected chi connectivity index (χ1v) is 7.76. The Morgan fingerprint density at radius 1 is 1.28 bits per heavy atom. The molecule has 0 atom stereocenters. The molecule has 0 aliphatic heterocycles. The molecule has 0 aliphatic rings. The second-order valence-electron chi connectivity index (χ2n) is 4.84. The SMILES string of the molecule is COc1ccc(-c2c(Cl)cncc2Cl)c2cc(C(C)=O)oc12.NC=O. The highest BCUT2D eigenvalue weighted by Gasteiger charge is 2.19. The third-order valence-corrected chi connectivity index (χ3v) is 3.91. The van der Waals surface area contributed by atoms with Crippen molar-refractivity contribution in [1.29, 1.82) is 0 Å². The van der Waals surface area contributed by atoms with Crippen LogP contribution in [-0.2, 0) is 4.79 Å². The molecule has 2 heterocycles. The van der Waals surface area contributed by atoms with Crippen LogP contribution in [0.4, 0.5) is 0 Å². The highest BCUT2D eigenvalue weighted by atomic mass is 35.5. The Balaban J connectivity index is 0.000000701. The fraction of sp³-hybridized carbons (Fsp3) is 0.118. The number of ketones is 1. The Hall–Kier alpha value is -2.57. The van der Waals surface area contributed by atoms with Gasteiger partial charge in [0.2, 0.25) is 6.41 Å². The summed E-state index contributed by atoms with van der Waals surface area (Å²) in [6.07, 6.45) is 3.29. The molecule has 0 radical (unpaired) electrons. The highest BCUT2D eigenvalue weighted by Crippen LogP contribution is 2.41. The Morgan fingerprint density at radius 3 is 2.40 bits per heavy atom. The van der Waals surface area contributed by atoms with Gasteiger partial charge in [0.1, 0.15) is 0 Å². The topological polar surface area (TPSA) is 95.4 Å². The molecule has 1 aromatic carbocycles. The van der Waals surface area contributed by atoms with Gasteiger partial charge in [0.05, 0.1) is 17.2 Å². The number of hydrogen-bond acceptors (Lipinski definition) is 5. The molecule has 0 saturated heterocycles. The number of methoxy groups -OCH3 is 1. The lowest BCUT2D eigenvalue weighted by atomic mass is 10.0. The molecule has 25 heavy (non-hydrogen) atoms. The van der Waals surface area contributed by atoms with Gasteiger partial charge in [-0.25, -0.2) is 0 Å². The van der Waals surface area contributed by atoms with Crippen LogP contribution < -0.4 is 10.5 Å². The largest absolute Gasteiger partial charge is 0.493 e. The molecule has 0 fully saturated rings. The quantitative estimate of drug-likeness (QED) is 0.544. The molecule has 0 aliphatic carbocycles. The first-order chi connectivity index (χ1) is 11.9. The number of furan rings is 1. The zero-order valence-corrected chi connectivity index (χ0v) is 14.9. The van der Waals surface area contributed by atoms with Gasteiger partial charge in [-0.1, -0.05) is 23.2 Å². The second kappa shape index (κ2) is 8.00. The predicted molar refractivity (Wildman–Crippen MR) is 96.3 cm³/mol. The number of rotatable bonds is 3. The highest BCUT2D eigenvalue weighted by molar-refractivity contribution is 6.39. The van der Waals surface area contributed by atoms with E-state index >= 15 is 0 Å². The van der Waals surface area contributed by atoms with Crippen molar-refractivity contribution in [1.82, 2.24) is 4.98 Å². The summed E-state index contributed by atoms with van der Waals surface area (Å²) in [5.41, 5.74) is 6.04. The summed E-state index contributed by atoms with van der Waals surface area (Å²) in [6, 6.07) is 5.24. The van der Waals surface area contributed by atoms with Crippen molar-refractivity contribution in [3.8, 4) is 16.9 Å². The van der Waals surface area contributed by atoms with Gasteiger partial charge in [-0.05, 0) is 23.8 Å². The molecule has 0 spiro atoms. The fourth-order valence-corrected chi connectivity index (χ4v) is 2.89. The smallest absolute Gasteiger partial charge is 0.204 e. The minimum atomic E-state index is -0.170. The van der Waals surface area contributed by atoms with Gasteiger partial charge < -0.3 is 14.9 Å². The van der Waals surface area contributed by atoms with Crippen LogP contribution in [0.2, 0.25) is 10.0 Å². The van der Waals surface area contributed by atoms with E-state index in [1.165, 1.54) is 26.4 Å². The number of fused-ring (bicyclic) bond motifs is 1. The third kappa shape index (κ3) is 3.75. The van der Waals surface area contributed by atoms with E-state index in [0.717, 1.165) is 5.56 Å². The lowest BCUT2D eigenvalue weighted by molar-refractivity contribution is -0.106. The number of ether oxygens (including phenoxy) is 1. The zero-order valence-electron chi connectivity index (χ0n) is 13.4. The molecule has 130 valence electrons. The molecule has 0 saturated carbocycles. The number of benzene rings is 1. The third-order valence-electron chi connectivity index (χ3n) is 3.34. The summed E-state index contributed by atoms with van der Waals surface area (Å²) >= 11 is 12.5. The zero-order chi connectivity index (χ0) is 18.6. The van der Waals surface area contributed by atoms with Crippen molar-refractivity contribution < 1.29 is 18.7 Å². The maximum absolute atomic E-state index is 11.6. The summed E-state index contributed by atoms with van der Waals surface area (Å²) < 4.78 is 10.9. The number of halogens is 2. The van der Waals surface area contributed by atoms with Gasteiger partial charge in [-0.3, -0.25) is 14.6 Å². The lowest BCUT2D eigenvalue weighted by Crippen LogP contribution is -1.87. The van der Waals surface area contributed by atoms with E-state index < -0.39 is 0 Å². The predicted octanol–water partition coefficient (Wildman–Crippen LogP) is 4.11. The van der Waals surface area contributed by atoms with E-state index in [-0.39, 0.29) is 18.0 Å². The standard InChI is InChI=1S/C16H11Cl2NO3.CH3NO/c1-8(20)14-5-10-9(3-4-13(21-2)16(10)22-14)15-11(17)6-19-7-12(15)18;2-1-3/h3-7H,1-2H3;1H,(H2,2,3). The lowest BCUT2D eigenvalue weighted by Gasteiger charge is -2.09. The maximum Gasteiger partial charge on any atom is 0.204 e. The number of nitrogens with two attached hydrogens (primary N) is 1. The number of Topliss-reactive ketones (excluding diaryl/α,β-unsaturated/α-hetero) is 1. The molecular formula is C17H14Cl2N2O4. The minimum Gasteiger partial charge on any atom is -0.493 e. The molecular weight excluding hydrogens is 367 g/mol. The van der Waals surface area contributed by atoms with Gasteiger partial charge in [-0.2, -0.15) is 0 Å². The molecule has 8 heteroatoms. The molecule has 6 nitrogen and oxygen atoms in total.